The number of carbonyl (C=O) groups excluding carboxylic acids is 1. The van der Waals surface area contributed by atoms with Gasteiger partial charge in [-0.25, -0.2) is 0 Å². The highest BCUT2D eigenvalue weighted by Crippen LogP contribution is 2.13. The van der Waals surface area contributed by atoms with Crippen LogP contribution in [0.2, 0.25) is 0 Å². The molecule has 1 amide bonds. The standard InChI is InChI=1S/C14H23N3OS.ClH/c1-14(2,15)11-16-5-3-6-17(8-7-16)13(18)12-4-9-19-10-12;/h4,9-10H,3,5-8,11,15H2,1-2H3;1H. The molecule has 4 nitrogen and oxygen atoms in total. The highest BCUT2D eigenvalue weighted by molar-refractivity contribution is 7.08. The number of halogens is 1. The first kappa shape index (κ1) is 17.4. The first-order valence-corrected chi connectivity index (χ1v) is 7.73. The lowest BCUT2D eigenvalue weighted by atomic mass is 10.1. The van der Waals surface area contributed by atoms with Gasteiger partial charge in [0.1, 0.15) is 0 Å². The van der Waals surface area contributed by atoms with E-state index in [0.717, 1.165) is 44.7 Å². The van der Waals surface area contributed by atoms with Gasteiger partial charge in [0.15, 0.2) is 0 Å². The van der Waals surface area contributed by atoms with Crippen molar-refractivity contribution in [1.82, 2.24) is 9.80 Å². The van der Waals surface area contributed by atoms with Crippen LogP contribution in [0, 0.1) is 0 Å². The van der Waals surface area contributed by atoms with Gasteiger partial charge >= 0.3 is 0 Å². The fourth-order valence-electron chi connectivity index (χ4n) is 2.48. The Morgan fingerprint density at radius 3 is 2.70 bits per heavy atom. The Balaban J connectivity index is 0.00000200. The van der Waals surface area contributed by atoms with Crippen molar-refractivity contribution < 1.29 is 4.79 Å². The summed E-state index contributed by atoms with van der Waals surface area (Å²) in [5, 5.41) is 3.88. The molecular weight excluding hydrogens is 294 g/mol. The van der Waals surface area contributed by atoms with E-state index in [2.05, 4.69) is 4.90 Å². The summed E-state index contributed by atoms with van der Waals surface area (Å²) >= 11 is 1.57. The maximum atomic E-state index is 12.3. The first-order chi connectivity index (χ1) is 8.96. The highest BCUT2D eigenvalue weighted by atomic mass is 35.5. The minimum absolute atomic E-state index is 0. The van der Waals surface area contributed by atoms with Crippen molar-refractivity contribution in [3.05, 3.63) is 22.4 Å². The van der Waals surface area contributed by atoms with Gasteiger partial charge in [-0.2, -0.15) is 11.3 Å². The summed E-state index contributed by atoms with van der Waals surface area (Å²) in [6, 6.07) is 1.90. The lowest BCUT2D eigenvalue weighted by Crippen LogP contribution is -2.46. The van der Waals surface area contributed by atoms with E-state index in [1.807, 2.05) is 35.6 Å². The summed E-state index contributed by atoms with van der Waals surface area (Å²) < 4.78 is 0. The number of nitrogens with zero attached hydrogens (tertiary/aromatic N) is 2. The summed E-state index contributed by atoms with van der Waals surface area (Å²) in [7, 11) is 0. The summed E-state index contributed by atoms with van der Waals surface area (Å²) in [6.07, 6.45) is 1.02. The molecular formula is C14H24ClN3OS. The zero-order valence-electron chi connectivity index (χ0n) is 12.2. The van der Waals surface area contributed by atoms with Gasteiger partial charge in [0, 0.05) is 37.1 Å². The molecule has 2 heterocycles. The van der Waals surface area contributed by atoms with E-state index in [0.29, 0.717) is 0 Å². The third-order valence-corrected chi connectivity index (χ3v) is 3.96. The van der Waals surface area contributed by atoms with Crippen LogP contribution in [-0.2, 0) is 0 Å². The fourth-order valence-corrected chi connectivity index (χ4v) is 3.11. The second kappa shape index (κ2) is 7.41. The molecule has 0 spiro atoms. The monoisotopic (exact) mass is 317 g/mol. The van der Waals surface area contributed by atoms with Crippen LogP contribution in [0.4, 0.5) is 0 Å². The van der Waals surface area contributed by atoms with Crippen molar-refractivity contribution in [3.63, 3.8) is 0 Å². The van der Waals surface area contributed by atoms with E-state index >= 15 is 0 Å². The summed E-state index contributed by atoms with van der Waals surface area (Å²) in [5.74, 6) is 0.162. The normalized spacial score (nSPS) is 17.4. The largest absolute Gasteiger partial charge is 0.337 e. The van der Waals surface area contributed by atoms with Gasteiger partial charge in [-0.15, -0.1) is 12.4 Å². The molecule has 0 radical (unpaired) electrons. The van der Waals surface area contributed by atoms with Crippen LogP contribution in [0.5, 0.6) is 0 Å². The molecule has 0 atom stereocenters. The van der Waals surface area contributed by atoms with Crippen molar-refractivity contribution in [2.24, 2.45) is 5.73 Å². The Labute approximate surface area is 131 Å². The molecule has 1 aliphatic heterocycles. The quantitative estimate of drug-likeness (QED) is 0.928. The van der Waals surface area contributed by atoms with Crippen molar-refractivity contribution in [2.45, 2.75) is 25.8 Å². The zero-order valence-corrected chi connectivity index (χ0v) is 13.8. The highest BCUT2D eigenvalue weighted by Gasteiger charge is 2.23. The van der Waals surface area contributed by atoms with Crippen molar-refractivity contribution in [1.29, 1.82) is 0 Å². The molecule has 1 aromatic rings. The first-order valence-electron chi connectivity index (χ1n) is 6.78. The number of amides is 1. The molecule has 20 heavy (non-hydrogen) atoms. The minimum atomic E-state index is -0.174. The van der Waals surface area contributed by atoms with Gasteiger partial charge < -0.3 is 10.6 Å². The summed E-state index contributed by atoms with van der Waals surface area (Å²) in [5.41, 5.74) is 6.71. The molecule has 1 saturated heterocycles. The van der Waals surface area contributed by atoms with Crippen LogP contribution in [0.3, 0.4) is 0 Å². The number of rotatable bonds is 3. The van der Waals surface area contributed by atoms with Gasteiger partial charge in [-0.3, -0.25) is 9.69 Å². The van der Waals surface area contributed by atoms with Gasteiger partial charge in [-0.1, -0.05) is 0 Å². The van der Waals surface area contributed by atoms with Crippen LogP contribution in [0.15, 0.2) is 16.8 Å². The molecule has 1 aromatic heterocycles. The lowest BCUT2D eigenvalue weighted by Gasteiger charge is -2.28. The Hall–Kier alpha value is -0.620. The Bertz CT molecular complexity index is 417. The number of hydrogen-bond acceptors (Lipinski definition) is 4. The second-order valence-electron chi connectivity index (χ2n) is 5.92. The predicted molar refractivity (Wildman–Crippen MR) is 86.8 cm³/mol. The molecule has 6 heteroatoms. The van der Waals surface area contributed by atoms with Crippen LogP contribution in [0.25, 0.3) is 0 Å². The molecule has 2 rings (SSSR count). The van der Waals surface area contributed by atoms with E-state index in [1.165, 1.54) is 0 Å². The average molecular weight is 318 g/mol. The van der Waals surface area contributed by atoms with Crippen molar-refractivity contribution >= 4 is 29.7 Å². The molecule has 0 aliphatic carbocycles. The molecule has 1 fully saturated rings. The van der Waals surface area contributed by atoms with E-state index in [-0.39, 0.29) is 23.9 Å². The topological polar surface area (TPSA) is 49.6 Å². The van der Waals surface area contributed by atoms with Gasteiger partial charge in [0.05, 0.1) is 5.56 Å². The SMILES string of the molecule is CC(C)(N)CN1CCCN(C(=O)c2ccsc2)CC1.Cl. The van der Waals surface area contributed by atoms with Gasteiger partial charge in [-0.05, 0) is 38.3 Å². The lowest BCUT2D eigenvalue weighted by molar-refractivity contribution is 0.0761. The third kappa shape index (κ3) is 5.05. The number of thiophene rings is 1. The molecule has 1 aliphatic rings. The maximum absolute atomic E-state index is 12.3. The van der Waals surface area contributed by atoms with Gasteiger partial charge in [0.25, 0.3) is 5.91 Å². The van der Waals surface area contributed by atoms with Crippen LogP contribution < -0.4 is 5.73 Å². The number of nitrogens with two attached hydrogens (primary N) is 1. The molecule has 114 valence electrons. The van der Waals surface area contributed by atoms with Crippen molar-refractivity contribution in [2.75, 3.05) is 32.7 Å². The Kier molecular flexibility index (Phi) is 6.45. The average Bonchev–Trinajstić information content (AvgIpc) is 2.75. The molecule has 0 unspecified atom stereocenters. The smallest absolute Gasteiger partial charge is 0.254 e. The molecule has 0 aromatic carbocycles. The predicted octanol–water partition coefficient (Wildman–Crippen LogP) is 2.06. The number of carbonyl (C=O) groups is 1. The van der Waals surface area contributed by atoms with E-state index in [1.54, 1.807) is 11.3 Å². The molecule has 0 saturated carbocycles. The fraction of sp³-hybridized carbons (Fsp3) is 0.643. The van der Waals surface area contributed by atoms with Crippen molar-refractivity contribution in [3.8, 4) is 0 Å². The second-order valence-corrected chi connectivity index (χ2v) is 6.70. The van der Waals surface area contributed by atoms with Gasteiger partial charge in [0.2, 0.25) is 0 Å². The molecule has 2 N–H and O–H groups in total. The zero-order chi connectivity index (χ0) is 13.9. The third-order valence-electron chi connectivity index (χ3n) is 3.27. The number of hydrogen-bond donors (Lipinski definition) is 1. The van der Waals surface area contributed by atoms with E-state index < -0.39 is 0 Å². The van der Waals surface area contributed by atoms with E-state index in [4.69, 9.17) is 5.73 Å². The Morgan fingerprint density at radius 1 is 1.35 bits per heavy atom. The minimum Gasteiger partial charge on any atom is -0.337 e. The van der Waals surface area contributed by atoms with Crippen LogP contribution in [-0.4, -0.2) is 54.0 Å². The van der Waals surface area contributed by atoms with Crippen LogP contribution in [0.1, 0.15) is 30.6 Å². The molecule has 0 bridgehead atoms. The Morgan fingerprint density at radius 2 is 2.10 bits per heavy atom. The maximum Gasteiger partial charge on any atom is 0.254 e. The van der Waals surface area contributed by atoms with Crippen LogP contribution >= 0.6 is 23.7 Å². The summed E-state index contributed by atoms with van der Waals surface area (Å²) in [4.78, 5) is 16.6. The van der Waals surface area contributed by atoms with E-state index in [9.17, 15) is 4.79 Å². The summed E-state index contributed by atoms with van der Waals surface area (Å²) in [6.45, 7) is 8.55.